The lowest BCUT2D eigenvalue weighted by molar-refractivity contribution is 0.314. The minimum absolute atomic E-state index is 0.329. The van der Waals surface area contributed by atoms with Gasteiger partial charge >= 0.3 is 0 Å². The van der Waals surface area contributed by atoms with E-state index in [9.17, 15) is 0 Å². The van der Waals surface area contributed by atoms with Gasteiger partial charge in [0, 0.05) is 16.4 Å². The van der Waals surface area contributed by atoms with Crippen molar-refractivity contribution in [3.05, 3.63) is 58.1 Å². The summed E-state index contributed by atoms with van der Waals surface area (Å²) in [6.07, 6.45) is 0. The van der Waals surface area contributed by atoms with Gasteiger partial charge in [-0.1, -0.05) is 29.3 Å². The number of benzene rings is 2. The SMILES string of the molecule is Cc1ccc(Nc2nc3nonc3nc2Nc2ccc(Cl)cc2C)c(C)c1. The lowest BCUT2D eigenvalue weighted by Crippen LogP contribution is -2.05. The normalized spacial score (nSPS) is 11.0. The molecule has 136 valence electrons. The molecule has 4 aromatic rings. The number of aromatic nitrogens is 4. The van der Waals surface area contributed by atoms with Crippen LogP contribution in [0.1, 0.15) is 16.7 Å². The van der Waals surface area contributed by atoms with E-state index in [2.05, 4.69) is 43.9 Å². The zero-order chi connectivity index (χ0) is 19.0. The number of hydrogen-bond donors (Lipinski definition) is 2. The molecular formula is C19H17ClN6O. The third kappa shape index (κ3) is 3.54. The molecule has 0 bridgehead atoms. The summed E-state index contributed by atoms with van der Waals surface area (Å²) in [5.74, 6) is 1.04. The monoisotopic (exact) mass is 380 g/mol. The van der Waals surface area contributed by atoms with Gasteiger partial charge in [0.15, 0.2) is 11.6 Å². The van der Waals surface area contributed by atoms with Crippen molar-refractivity contribution in [1.29, 1.82) is 0 Å². The van der Waals surface area contributed by atoms with Crippen molar-refractivity contribution in [1.82, 2.24) is 20.3 Å². The van der Waals surface area contributed by atoms with Gasteiger partial charge in [-0.3, -0.25) is 0 Å². The van der Waals surface area contributed by atoms with Crippen LogP contribution in [0.2, 0.25) is 5.02 Å². The maximum Gasteiger partial charge on any atom is 0.245 e. The quantitative estimate of drug-likeness (QED) is 0.510. The Morgan fingerprint density at radius 3 is 1.89 bits per heavy atom. The Kier molecular flexibility index (Phi) is 4.37. The fourth-order valence-electron chi connectivity index (χ4n) is 2.79. The van der Waals surface area contributed by atoms with Crippen LogP contribution in [0.4, 0.5) is 23.0 Å². The predicted molar refractivity (Wildman–Crippen MR) is 106 cm³/mol. The van der Waals surface area contributed by atoms with E-state index in [1.807, 2.05) is 44.2 Å². The molecule has 2 heterocycles. The van der Waals surface area contributed by atoms with Gasteiger partial charge < -0.3 is 10.6 Å². The van der Waals surface area contributed by atoms with Crippen LogP contribution < -0.4 is 10.6 Å². The summed E-state index contributed by atoms with van der Waals surface area (Å²) >= 11 is 6.05. The van der Waals surface area contributed by atoms with E-state index in [0.29, 0.717) is 28.0 Å². The standard InChI is InChI=1S/C19H17ClN6O/c1-10-4-6-14(11(2)8-10)21-16-17(24-19-18(23-16)25-27-26-19)22-15-7-5-13(20)9-12(15)3/h4-9H,1-3H3,(H,21,23,25)(H,22,24,26). The summed E-state index contributed by atoms with van der Waals surface area (Å²) in [4.78, 5) is 9.01. The molecule has 0 saturated heterocycles. The lowest BCUT2D eigenvalue weighted by Gasteiger charge is -2.15. The van der Waals surface area contributed by atoms with E-state index in [1.165, 1.54) is 5.56 Å². The largest absolute Gasteiger partial charge is 0.337 e. The van der Waals surface area contributed by atoms with Gasteiger partial charge in [0.05, 0.1) is 0 Å². The Balaban J connectivity index is 1.77. The highest BCUT2D eigenvalue weighted by Gasteiger charge is 2.15. The van der Waals surface area contributed by atoms with Gasteiger partial charge in [-0.15, -0.1) is 0 Å². The number of nitrogens with one attached hydrogen (secondary N) is 2. The van der Waals surface area contributed by atoms with Gasteiger partial charge in [0.25, 0.3) is 0 Å². The molecule has 27 heavy (non-hydrogen) atoms. The molecule has 0 atom stereocenters. The van der Waals surface area contributed by atoms with Crippen LogP contribution in [0, 0.1) is 20.8 Å². The summed E-state index contributed by atoms with van der Waals surface area (Å²) in [6, 6.07) is 11.7. The zero-order valence-electron chi connectivity index (χ0n) is 15.0. The Hall–Kier alpha value is -3.19. The molecule has 8 heteroatoms. The highest BCUT2D eigenvalue weighted by Crippen LogP contribution is 2.30. The molecule has 0 spiro atoms. The predicted octanol–water partition coefficient (Wildman–Crippen LogP) is 5.08. The van der Waals surface area contributed by atoms with E-state index in [-0.39, 0.29) is 0 Å². The summed E-state index contributed by atoms with van der Waals surface area (Å²) in [5, 5.41) is 14.9. The summed E-state index contributed by atoms with van der Waals surface area (Å²) < 4.78 is 4.76. The van der Waals surface area contributed by atoms with E-state index in [1.54, 1.807) is 0 Å². The van der Waals surface area contributed by atoms with Crippen molar-refractivity contribution in [2.24, 2.45) is 0 Å². The first-order valence-corrected chi connectivity index (χ1v) is 8.75. The van der Waals surface area contributed by atoms with Gasteiger partial charge in [-0.2, -0.15) is 0 Å². The Labute approximate surface area is 160 Å². The first-order chi connectivity index (χ1) is 13.0. The van der Waals surface area contributed by atoms with E-state index in [4.69, 9.17) is 16.2 Å². The number of fused-ring (bicyclic) bond motifs is 1. The van der Waals surface area contributed by atoms with E-state index >= 15 is 0 Å². The van der Waals surface area contributed by atoms with Crippen molar-refractivity contribution in [2.75, 3.05) is 10.6 Å². The van der Waals surface area contributed by atoms with Crippen LogP contribution in [-0.2, 0) is 0 Å². The molecule has 7 nitrogen and oxygen atoms in total. The van der Waals surface area contributed by atoms with Crippen LogP contribution in [-0.4, -0.2) is 20.3 Å². The number of rotatable bonds is 4. The molecule has 2 N–H and O–H groups in total. The van der Waals surface area contributed by atoms with Crippen LogP contribution in [0.5, 0.6) is 0 Å². The molecule has 2 aromatic carbocycles. The van der Waals surface area contributed by atoms with Crippen molar-refractivity contribution >= 4 is 45.9 Å². The van der Waals surface area contributed by atoms with Crippen LogP contribution >= 0.6 is 11.6 Å². The average Bonchev–Trinajstić information content (AvgIpc) is 3.07. The van der Waals surface area contributed by atoms with Crippen LogP contribution in [0.25, 0.3) is 11.3 Å². The first kappa shape index (κ1) is 17.2. The minimum Gasteiger partial charge on any atom is -0.337 e. The molecule has 0 saturated carbocycles. The molecule has 0 aliphatic carbocycles. The molecular weight excluding hydrogens is 364 g/mol. The number of halogens is 1. The number of anilines is 4. The lowest BCUT2D eigenvalue weighted by atomic mass is 10.1. The van der Waals surface area contributed by atoms with Gasteiger partial charge in [0.1, 0.15) is 0 Å². The maximum atomic E-state index is 6.05. The fourth-order valence-corrected chi connectivity index (χ4v) is 3.02. The molecule has 0 aliphatic heterocycles. The third-order valence-corrected chi connectivity index (χ3v) is 4.43. The zero-order valence-corrected chi connectivity index (χ0v) is 15.8. The summed E-state index contributed by atoms with van der Waals surface area (Å²) in [5.41, 5.74) is 5.74. The summed E-state index contributed by atoms with van der Waals surface area (Å²) in [7, 11) is 0. The highest BCUT2D eigenvalue weighted by atomic mass is 35.5. The number of nitrogens with zero attached hydrogens (tertiary/aromatic N) is 4. The number of aryl methyl sites for hydroxylation is 3. The highest BCUT2D eigenvalue weighted by molar-refractivity contribution is 6.30. The van der Waals surface area contributed by atoms with Gasteiger partial charge in [-0.05, 0) is 66.5 Å². The second kappa shape index (κ2) is 6.85. The first-order valence-electron chi connectivity index (χ1n) is 8.37. The molecule has 0 radical (unpaired) electrons. The third-order valence-electron chi connectivity index (χ3n) is 4.19. The second-order valence-electron chi connectivity index (χ2n) is 6.36. The van der Waals surface area contributed by atoms with Crippen molar-refractivity contribution in [2.45, 2.75) is 20.8 Å². The van der Waals surface area contributed by atoms with Crippen molar-refractivity contribution < 1.29 is 4.63 Å². The van der Waals surface area contributed by atoms with E-state index in [0.717, 1.165) is 22.5 Å². The van der Waals surface area contributed by atoms with E-state index < -0.39 is 0 Å². The smallest absolute Gasteiger partial charge is 0.245 e. The van der Waals surface area contributed by atoms with Crippen LogP contribution in [0.15, 0.2) is 41.0 Å². The van der Waals surface area contributed by atoms with Crippen molar-refractivity contribution in [3.8, 4) is 0 Å². The van der Waals surface area contributed by atoms with Gasteiger partial charge in [0.2, 0.25) is 11.3 Å². The second-order valence-corrected chi connectivity index (χ2v) is 6.80. The molecule has 4 rings (SSSR count). The molecule has 0 amide bonds. The topological polar surface area (TPSA) is 88.8 Å². The molecule has 0 unspecified atom stereocenters. The number of hydrogen-bond acceptors (Lipinski definition) is 7. The Bertz CT molecular complexity index is 1050. The Morgan fingerprint density at radius 2 is 1.33 bits per heavy atom. The maximum absolute atomic E-state index is 6.05. The van der Waals surface area contributed by atoms with Crippen LogP contribution in [0.3, 0.4) is 0 Å². The summed E-state index contributed by atoms with van der Waals surface area (Å²) in [6.45, 7) is 6.06. The van der Waals surface area contributed by atoms with Crippen molar-refractivity contribution in [3.63, 3.8) is 0 Å². The Morgan fingerprint density at radius 1 is 0.778 bits per heavy atom. The molecule has 2 aromatic heterocycles. The molecule has 0 aliphatic rings. The average molecular weight is 381 g/mol. The molecule has 0 fully saturated rings. The van der Waals surface area contributed by atoms with Gasteiger partial charge in [-0.25, -0.2) is 14.6 Å². The fraction of sp³-hybridized carbons (Fsp3) is 0.158. The minimum atomic E-state index is 0.329.